The molecule has 114 valence electrons. The monoisotopic (exact) mass is 298 g/mol. The van der Waals surface area contributed by atoms with Crippen LogP contribution in [0.3, 0.4) is 0 Å². The van der Waals surface area contributed by atoms with E-state index < -0.39 is 6.10 Å². The van der Waals surface area contributed by atoms with Gasteiger partial charge >= 0.3 is 0 Å². The number of hydrogen-bond donors (Lipinski definition) is 2. The Morgan fingerprint density at radius 3 is 2.82 bits per heavy atom. The molecule has 0 fully saturated rings. The van der Waals surface area contributed by atoms with Crippen LogP contribution in [0.4, 0.5) is 11.4 Å². The summed E-state index contributed by atoms with van der Waals surface area (Å²) in [5.41, 5.74) is 2.39. The highest BCUT2D eigenvalue weighted by atomic mass is 16.5. The Hall–Kier alpha value is -2.53. The molecule has 22 heavy (non-hydrogen) atoms. The largest absolute Gasteiger partial charge is 0.482 e. The van der Waals surface area contributed by atoms with Crippen molar-refractivity contribution < 1.29 is 14.6 Å². The molecule has 2 aromatic rings. The molecule has 1 atom stereocenters. The van der Waals surface area contributed by atoms with Gasteiger partial charge in [0.1, 0.15) is 5.75 Å². The number of ether oxygens (including phenoxy) is 1. The molecule has 3 rings (SSSR count). The first-order valence-corrected chi connectivity index (χ1v) is 7.14. The summed E-state index contributed by atoms with van der Waals surface area (Å²) in [4.78, 5) is 13.3. The molecule has 1 unspecified atom stereocenters. The third kappa shape index (κ3) is 3.04. The number of fused-ring (bicyclic) bond motifs is 1. The van der Waals surface area contributed by atoms with E-state index in [1.165, 1.54) is 0 Å². The van der Waals surface area contributed by atoms with Crippen molar-refractivity contribution >= 4 is 17.3 Å². The lowest BCUT2D eigenvalue weighted by Gasteiger charge is -2.24. The first kappa shape index (κ1) is 14.4. The third-order valence-corrected chi connectivity index (χ3v) is 3.67. The summed E-state index contributed by atoms with van der Waals surface area (Å²) in [5.74, 6) is 0.451. The summed E-state index contributed by atoms with van der Waals surface area (Å²) in [6.07, 6.45) is -0.658. The average molecular weight is 298 g/mol. The normalized spacial score (nSPS) is 14.5. The van der Waals surface area contributed by atoms with Gasteiger partial charge in [0.2, 0.25) is 0 Å². The second kappa shape index (κ2) is 6.07. The van der Waals surface area contributed by atoms with Crippen LogP contribution < -0.4 is 15.0 Å². The summed E-state index contributed by atoms with van der Waals surface area (Å²) >= 11 is 0. The standard InChI is InChI=1S/C17H18N2O3/c1-19(13-5-3-2-4-6-13)10-15(20)12-7-8-16-14(9-12)18-17(21)11-22-16/h2-9,15,20H,10-11H2,1H3,(H,18,21). The Labute approximate surface area is 129 Å². The van der Waals surface area contributed by atoms with E-state index in [9.17, 15) is 9.90 Å². The average Bonchev–Trinajstić information content (AvgIpc) is 2.54. The van der Waals surface area contributed by atoms with Gasteiger partial charge in [-0.25, -0.2) is 0 Å². The Bertz CT molecular complexity index is 673. The quantitative estimate of drug-likeness (QED) is 0.908. The second-order valence-electron chi connectivity index (χ2n) is 5.32. The Morgan fingerprint density at radius 1 is 1.27 bits per heavy atom. The van der Waals surface area contributed by atoms with Gasteiger partial charge < -0.3 is 20.1 Å². The van der Waals surface area contributed by atoms with Crippen molar-refractivity contribution in [2.75, 3.05) is 30.4 Å². The van der Waals surface area contributed by atoms with Gasteiger partial charge in [0.15, 0.2) is 6.61 Å². The maximum Gasteiger partial charge on any atom is 0.262 e. The van der Waals surface area contributed by atoms with Crippen LogP contribution in [0.25, 0.3) is 0 Å². The minimum absolute atomic E-state index is 0.0334. The van der Waals surface area contributed by atoms with E-state index >= 15 is 0 Å². The molecule has 0 saturated heterocycles. The smallest absolute Gasteiger partial charge is 0.262 e. The highest BCUT2D eigenvalue weighted by molar-refractivity contribution is 5.95. The number of carbonyl (C=O) groups excluding carboxylic acids is 1. The molecule has 1 amide bonds. The van der Waals surface area contributed by atoms with Crippen molar-refractivity contribution in [3.05, 3.63) is 54.1 Å². The summed E-state index contributed by atoms with van der Waals surface area (Å²) in [7, 11) is 1.93. The molecular weight excluding hydrogens is 280 g/mol. The topological polar surface area (TPSA) is 61.8 Å². The van der Waals surface area contributed by atoms with Gasteiger partial charge in [-0.05, 0) is 29.8 Å². The van der Waals surface area contributed by atoms with Crippen molar-refractivity contribution in [1.82, 2.24) is 0 Å². The van der Waals surface area contributed by atoms with Crippen molar-refractivity contribution in [2.24, 2.45) is 0 Å². The highest BCUT2D eigenvalue weighted by Gasteiger charge is 2.18. The fourth-order valence-corrected chi connectivity index (χ4v) is 2.46. The van der Waals surface area contributed by atoms with Crippen LogP contribution in [0, 0.1) is 0 Å². The molecule has 0 bridgehead atoms. The lowest BCUT2D eigenvalue weighted by atomic mass is 10.1. The van der Waals surface area contributed by atoms with Crippen LogP contribution >= 0.6 is 0 Å². The van der Waals surface area contributed by atoms with Gasteiger partial charge in [0.25, 0.3) is 5.91 Å². The van der Waals surface area contributed by atoms with Gasteiger partial charge in [0, 0.05) is 19.3 Å². The summed E-state index contributed by atoms with van der Waals surface area (Å²) in [6.45, 7) is 0.489. The number of amides is 1. The molecule has 1 aliphatic rings. The highest BCUT2D eigenvalue weighted by Crippen LogP contribution is 2.31. The fraction of sp³-hybridized carbons (Fsp3) is 0.235. The van der Waals surface area contributed by atoms with E-state index in [-0.39, 0.29) is 12.5 Å². The number of anilines is 2. The maximum absolute atomic E-state index is 11.4. The van der Waals surface area contributed by atoms with Crippen LogP contribution in [0.5, 0.6) is 5.75 Å². The Morgan fingerprint density at radius 2 is 2.05 bits per heavy atom. The second-order valence-corrected chi connectivity index (χ2v) is 5.32. The fourth-order valence-electron chi connectivity index (χ4n) is 2.46. The molecule has 0 spiro atoms. The van der Waals surface area contributed by atoms with E-state index in [4.69, 9.17) is 4.74 Å². The molecule has 5 heteroatoms. The number of likely N-dealkylation sites (N-methyl/N-ethyl adjacent to an activating group) is 1. The zero-order valence-corrected chi connectivity index (χ0v) is 12.3. The van der Waals surface area contributed by atoms with Gasteiger partial charge in [-0.3, -0.25) is 4.79 Å². The van der Waals surface area contributed by atoms with Gasteiger partial charge in [-0.1, -0.05) is 24.3 Å². The van der Waals surface area contributed by atoms with Gasteiger partial charge in [-0.15, -0.1) is 0 Å². The van der Waals surface area contributed by atoms with E-state index in [2.05, 4.69) is 5.32 Å². The first-order valence-electron chi connectivity index (χ1n) is 7.14. The SMILES string of the molecule is CN(CC(O)c1ccc2c(c1)NC(=O)CO2)c1ccccc1. The number of aliphatic hydroxyl groups excluding tert-OH is 1. The predicted octanol–water partition coefficient (Wildman–Crippen LogP) is 2.19. The van der Waals surface area contributed by atoms with Crippen LogP contribution in [0.15, 0.2) is 48.5 Å². The molecule has 5 nitrogen and oxygen atoms in total. The summed E-state index contributed by atoms with van der Waals surface area (Å²) in [5, 5.41) is 13.2. The van der Waals surface area contributed by atoms with Crippen molar-refractivity contribution in [3.8, 4) is 5.75 Å². The molecule has 1 aliphatic heterocycles. The third-order valence-electron chi connectivity index (χ3n) is 3.67. The van der Waals surface area contributed by atoms with Crippen LogP contribution in [0.1, 0.15) is 11.7 Å². The number of para-hydroxylation sites is 1. The molecule has 0 aromatic heterocycles. The molecule has 2 aromatic carbocycles. The van der Waals surface area contributed by atoms with E-state index in [1.54, 1.807) is 12.1 Å². The van der Waals surface area contributed by atoms with E-state index in [1.807, 2.05) is 48.3 Å². The molecule has 0 radical (unpaired) electrons. The number of hydrogen-bond acceptors (Lipinski definition) is 4. The van der Waals surface area contributed by atoms with Gasteiger partial charge in [-0.2, -0.15) is 0 Å². The Balaban J connectivity index is 1.74. The van der Waals surface area contributed by atoms with Crippen molar-refractivity contribution in [3.63, 3.8) is 0 Å². The van der Waals surface area contributed by atoms with E-state index in [0.717, 1.165) is 11.3 Å². The minimum atomic E-state index is -0.658. The predicted molar refractivity (Wildman–Crippen MR) is 85.2 cm³/mol. The Kier molecular flexibility index (Phi) is 3.98. The van der Waals surface area contributed by atoms with Crippen molar-refractivity contribution in [2.45, 2.75) is 6.10 Å². The number of aliphatic hydroxyl groups is 1. The van der Waals surface area contributed by atoms with Crippen LogP contribution in [0.2, 0.25) is 0 Å². The van der Waals surface area contributed by atoms with Crippen molar-refractivity contribution in [1.29, 1.82) is 0 Å². The number of benzene rings is 2. The number of nitrogens with zero attached hydrogens (tertiary/aromatic N) is 1. The summed E-state index contributed by atoms with van der Waals surface area (Å²) in [6, 6.07) is 15.2. The molecule has 0 saturated carbocycles. The molecule has 1 heterocycles. The summed E-state index contributed by atoms with van der Waals surface area (Å²) < 4.78 is 5.32. The lowest BCUT2D eigenvalue weighted by molar-refractivity contribution is -0.118. The number of rotatable bonds is 4. The zero-order chi connectivity index (χ0) is 15.5. The van der Waals surface area contributed by atoms with Crippen LogP contribution in [-0.4, -0.2) is 31.2 Å². The number of nitrogens with one attached hydrogen (secondary N) is 1. The lowest BCUT2D eigenvalue weighted by Crippen LogP contribution is -2.26. The van der Waals surface area contributed by atoms with E-state index in [0.29, 0.717) is 18.0 Å². The molecular formula is C17H18N2O3. The molecule has 0 aliphatic carbocycles. The minimum Gasteiger partial charge on any atom is -0.482 e. The number of carbonyl (C=O) groups is 1. The zero-order valence-electron chi connectivity index (χ0n) is 12.3. The molecule has 2 N–H and O–H groups in total. The first-order chi connectivity index (χ1) is 10.6. The van der Waals surface area contributed by atoms with Crippen LogP contribution in [-0.2, 0) is 4.79 Å². The van der Waals surface area contributed by atoms with Gasteiger partial charge in [0.05, 0.1) is 11.8 Å². The maximum atomic E-state index is 11.4.